The van der Waals surface area contributed by atoms with Crippen LogP contribution in [0.1, 0.15) is 36.3 Å². The van der Waals surface area contributed by atoms with E-state index in [1.807, 2.05) is 6.92 Å². The predicted molar refractivity (Wildman–Crippen MR) is 82.4 cm³/mol. The van der Waals surface area contributed by atoms with E-state index >= 15 is 0 Å². The number of aromatic nitrogens is 3. The van der Waals surface area contributed by atoms with E-state index in [0.29, 0.717) is 11.5 Å². The Morgan fingerprint density at radius 1 is 1.19 bits per heavy atom. The first kappa shape index (κ1) is 14.9. The number of rotatable bonds is 6. The first-order valence-electron chi connectivity index (χ1n) is 7.06. The number of nitrogens with zero attached hydrogens (tertiary/aromatic N) is 3. The van der Waals surface area contributed by atoms with Gasteiger partial charge in [-0.3, -0.25) is 10.1 Å². The second-order valence-electron chi connectivity index (χ2n) is 4.54. The number of pyridine rings is 1. The standard InChI is InChI=1S/C15H19N5O/c1-3-6-16-13-10-11(9-12(4-2)19-13)14(21)20-15-17-7-5-8-18-15/h5,7-10H,3-4,6H2,1-2H3,(H,16,19)(H,17,18,20,21). The van der Waals surface area contributed by atoms with Gasteiger partial charge in [-0.25, -0.2) is 15.0 Å². The molecule has 0 atom stereocenters. The van der Waals surface area contributed by atoms with Gasteiger partial charge in [-0.2, -0.15) is 0 Å². The van der Waals surface area contributed by atoms with Crippen LogP contribution in [0.15, 0.2) is 30.6 Å². The van der Waals surface area contributed by atoms with E-state index < -0.39 is 0 Å². The third-order valence-electron chi connectivity index (χ3n) is 2.85. The summed E-state index contributed by atoms with van der Waals surface area (Å²) in [5, 5.41) is 5.88. The zero-order chi connectivity index (χ0) is 15.1. The summed E-state index contributed by atoms with van der Waals surface area (Å²) in [6, 6.07) is 5.23. The van der Waals surface area contributed by atoms with Crippen LogP contribution in [-0.4, -0.2) is 27.4 Å². The Morgan fingerprint density at radius 3 is 2.62 bits per heavy atom. The van der Waals surface area contributed by atoms with Crippen molar-refractivity contribution in [2.24, 2.45) is 0 Å². The monoisotopic (exact) mass is 285 g/mol. The summed E-state index contributed by atoms with van der Waals surface area (Å²) in [5.74, 6) is 0.772. The van der Waals surface area contributed by atoms with E-state index in [0.717, 1.165) is 30.9 Å². The lowest BCUT2D eigenvalue weighted by atomic mass is 10.2. The van der Waals surface area contributed by atoms with Gasteiger partial charge in [0, 0.05) is 30.2 Å². The molecule has 0 aliphatic rings. The molecule has 6 heteroatoms. The maximum atomic E-state index is 12.3. The average molecular weight is 285 g/mol. The number of anilines is 2. The molecule has 0 aliphatic carbocycles. The first-order chi connectivity index (χ1) is 10.2. The topological polar surface area (TPSA) is 79.8 Å². The highest BCUT2D eigenvalue weighted by Crippen LogP contribution is 2.13. The summed E-state index contributed by atoms with van der Waals surface area (Å²) in [6.07, 6.45) is 4.93. The van der Waals surface area contributed by atoms with Crippen LogP contribution in [0, 0.1) is 0 Å². The fourth-order valence-electron chi connectivity index (χ4n) is 1.78. The quantitative estimate of drug-likeness (QED) is 0.852. The van der Waals surface area contributed by atoms with Crippen LogP contribution in [0.5, 0.6) is 0 Å². The lowest BCUT2D eigenvalue weighted by Crippen LogP contribution is -2.15. The molecular formula is C15H19N5O. The van der Waals surface area contributed by atoms with E-state index in [2.05, 4.69) is 32.5 Å². The van der Waals surface area contributed by atoms with Crippen molar-refractivity contribution in [1.82, 2.24) is 15.0 Å². The Bertz CT molecular complexity index is 600. The van der Waals surface area contributed by atoms with E-state index in [1.54, 1.807) is 30.6 Å². The molecule has 0 fully saturated rings. The second-order valence-corrected chi connectivity index (χ2v) is 4.54. The Balaban J connectivity index is 2.19. The van der Waals surface area contributed by atoms with Gasteiger partial charge < -0.3 is 5.32 Å². The second kappa shape index (κ2) is 7.33. The molecule has 2 aromatic heterocycles. The van der Waals surface area contributed by atoms with Gasteiger partial charge in [0.1, 0.15) is 5.82 Å². The molecule has 2 heterocycles. The predicted octanol–water partition coefficient (Wildman–Crippen LogP) is 2.51. The van der Waals surface area contributed by atoms with Crippen LogP contribution in [0.4, 0.5) is 11.8 Å². The van der Waals surface area contributed by atoms with E-state index in [1.165, 1.54) is 0 Å². The van der Waals surface area contributed by atoms with Crippen LogP contribution in [0.2, 0.25) is 0 Å². The Labute approximate surface area is 124 Å². The number of nitrogens with one attached hydrogen (secondary N) is 2. The lowest BCUT2D eigenvalue weighted by molar-refractivity contribution is 0.102. The van der Waals surface area contributed by atoms with Gasteiger partial charge in [0.25, 0.3) is 5.91 Å². The molecule has 2 N–H and O–H groups in total. The summed E-state index contributed by atoms with van der Waals surface area (Å²) in [6.45, 7) is 4.91. The van der Waals surface area contributed by atoms with Gasteiger partial charge in [0.15, 0.2) is 0 Å². The number of carbonyl (C=O) groups is 1. The van der Waals surface area contributed by atoms with Crippen molar-refractivity contribution in [3.05, 3.63) is 41.9 Å². The van der Waals surface area contributed by atoms with E-state index in [-0.39, 0.29) is 5.91 Å². The molecule has 110 valence electrons. The summed E-state index contributed by atoms with van der Waals surface area (Å²) in [7, 11) is 0. The van der Waals surface area contributed by atoms with Crippen LogP contribution in [-0.2, 0) is 6.42 Å². The van der Waals surface area contributed by atoms with Crippen LogP contribution in [0.3, 0.4) is 0 Å². The minimum Gasteiger partial charge on any atom is -0.370 e. The minimum absolute atomic E-state index is 0.238. The molecule has 21 heavy (non-hydrogen) atoms. The van der Waals surface area contributed by atoms with Crippen LogP contribution >= 0.6 is 0 Å². The van der Waals surface area contributed by atoms with Crippen molar-refractivity contribution >= 4 is 17.7 Å². The summed E-state index contributed by atoms with van der Waals surface area (Å²) in [5.41, 5.74) is 1.42. The van der Waals surface area contributed by atoms with Crippen molar-refractivity contribution in [3.8, 4) is 0 Å². The molecular weight excluding hydrogens is 266 g/mol. The number of aryl methyl sites for hydroxylation is 1. The highest BCUT2D eigenvalue weighted by atomic mass is 16.1. The molecule has 0 radical (unpaired) electrons. The Kier molecular flexibility index (Phi) is 5.20. The summed E-state index contributed by atoms with van der Waals surface area (Å²) in [4.78, 5) is 24.7. The maximum Gasteiger partial charge on any atom is 0.258 e. The van der Waals surface area contributed by atoms with Gasteiger partial charge in [0.05, 0.1) is 0 Å². The molecule has 0 bridgehead atoms. The van der Waals surface area contributed by atoms with Crippen molar-refractivity contribution in [2.75, 3.05) is 17.2 Å². The molecule has 0 unspecified atom stereocenters. The zero-order valence-corrected chi connectivity index (χ0v) is 12.3. The number of hydrogen-bond donors (Lipinski definition) is 2. The minimum atomic E-state index is -0.238. The van der Waals surface area contributed by atoms with Crippen LogP contribution < -0.4 is 10.6 Å². The molecule has 0 aliphatic heterocycles. The van der Waals surface area contributed by atoms with Crippen LogP contribution in [0.25, 0.3) is 0 Å². The van der Waals surface area contributed by atoms with Gasteiger partial charge in [0.2, 0.25) is 5.95 Å². The fraction of sp³-hybridized carbons (Fsp3) is 0.333. The highest BCUT2D eigenvalue weighted by molar-refractivity contribution is 6.03. The summed E-state index contributed by atoms with van der Waals surface area (Å²) >= 11 is 0. The third-order valence-corrected chi connectivity index (χ3v) is 2.85. The number of amides is 1. The Hall–Kier alpha value is -2.50. The zero-order valence-electron chi connectivity index (χ0n) is 12.3. The lowest BCUT2D eigenvalue weighted by Gasteiger charge is -2.09. The third kappa shape index (κ3) is 4.24. The van der Waals surface area contributed by atoms with Gasteiger partial charge in [-0.15, -0.1) is 0 Å². The molecule has 2 aromatic rings. The SMILES string of the molecule is CCCNc1cc(C(=O)Nc2ncccn2)cc(CC)n1. The molecule has 0 aromatic carbocycles. The van der Waals surface area contributed by atoms with Crippen molar-refractivity contribution in [3.63, 3.8) is 0 Å². The van der Waals surface area contributed by atoms with Gasteiger partial charge >= 0.3 is 0 Å². The largest absolute Gasteiger partial charge is 0.370 e. The molecule has 2 rings (SSSR count). The van der Waals surface area contributed by atoms with E-state index in [9.17, 15) is 4.79 Å². The van der Waals surface area contributed by atoms with Gasteiger partial charge in [-0.1, -0.05) is 13.8 Å². The molecule has 0 spiro atoms. The average Bonchev–Trinajstić information content (AvgIpc) is 2.53. The highest BCUT2D eigenvalue weighted by Gasteiger charge is 2.10. The normalized spacial score (nSPS) is 10.2. The summed E-state index contributed by atoms with van der Waals surface area (Å²) < 4.78 is 0. The Morgan fingerprint density at radius 2 is 1.95 bits per heavy atom. The van der Waals surface area contributed by atoms with E-state index in [4.69, 9.17) is 0 Å². The fourth-order valence-corrected chi connectivity index (χ4v) is 1.78. The number of hydrogen-bond acceptors (Lipinski definition) is 5. The smallest absolute Gasteiger partial charge is 0.258 e. The molecule has 1 amide bonds. The van der Waals surface area contributed by atoms with Gasteiger partial charge in [-0.05, 0) is 31.0 Å². The molecule has 0 saturated carbocycles. The molecule has 0 saturated heterocycles. The van der Waals surface area contributed by atoms with Crippen molar-refractivity contribution in [2.45, 2.75) is 26.7 Å². The first-order valence-corrected chi connectivity index (χ1v) is 7.06. The van der Waals surface area contributed by atoms with Crippen molar-refractivity contribution in [1.29, 1.82) is 0 Å². The number of carbonyl (C=O) groups excluding carboxylic acids is 1. The molecule has 6 nitrogen and oxygen atoms in total. The maximum absolute atomic E-state index is 12.3. The van der Waals surface area contributed by atoms with Crippen molar-refractivity contribution < 1.29 is 4.79 Å².